The minimum Gasteiger partial charge on any atom is -0.465 e. The van der Waals surface area contributed by atoms with Crippen molar-refractivity contribution in [2.45, 2.75) is 6.04 Å². The Morgan fingerprint density at radius 2 is 1.88 bits per heavy atom. The topological polar surface area (TPSA) is 160 Å². The number of esters is 1. The van der Waals surface area contributed by atoms with Gasteiger partial charge < -0.3 is 31.1 Å². The maximum absolute atomic E-state index is 13.2. The summed E-state index contributed by atoms with van der Waals surface area (Å²) >= 11 is 0. The molecule has 0 saturated heterocycles. The van der Waals surface area contributed by atoms with Gasteiger partial charge in [0.05, 0.1) is 13.2 Å². The Labute approximate surface area is 187 Å². The molecule has 5 N–H and O–H groups in total. The van der Waals surface area contributed by atoms with Gasteiger partial charge in [0.25, 0.3) is 5.91 Å². The summed E-state index contributed by atoms with van der Waals surface area (Å²) in [7, 11) is 1.20. The third-order valence-electron chi connectivity index (χ3n) is 4.41. The van der Waals surface area contributed by atoms with Gasteiger partial charge in [-0.05, 0) is 42.5 Å². The van der Waals surface area contributed by atoms with Gasteiger partial charge in [0.15, 0.2) is 5.82 Å². The van der Waals surface area contributed by atoms with Gasteiger partial charge in [-0.25, -0.2) is 19.2 Å². The molecule has 33 heavy (non-hydrogen) atoms. The van der Waals surface area contributed by atoms with Crippen LogP contribution in [0.25, 0.3) is 11.4 Å². The van der Waals surface area contributed by atoms with E-state index in [1.165, 1.54) is 49.6 Å². The second-order valence-corrected chi connectivity index (χ2v) is 6.71. The molecule has 3 aromatic rings. The molecule has 0 fully saturated rings. The summed E-state index contributed by atoms with van der Waals surface area (Å²) in [4.78, 5) is 43.7. The van der Waals surface area contributed by atoms with Gasteiger partial charge in [-0.15, -0.1) is 0 Å². The molecule has 0 spiro atoms. The van der Waals surface area contributed by atoms with E-state index in [9.17, 15) is 18.8 Å². The van der Waals surface area contributed by atoms with Gasteiger partial charge in [-0.3, -0.25) is 4.79 Å². The number of hydrogen-bond donors (Lipinski definition) is 3. The molecule has 1 aromatic heterocycles. The van der Waals surface area contributed by atoms with Crippen molar-refractivity contribution in [2.24, 2.45) is 11.5 Å². The van der Waals surface area contributed by atoms with Crippen molar-refractivity contribution in [3.8, 4) is 22.9 Å². The molecular formula is C22H20FN5O5. The molecule has 0 aliphatic rings. The van der Waals surface area contributed by atoms with E-state index in [2.05, 4.69) is 15.3 Å². The third-order valence-corrected chi connectivity index (χ3v) is 4.41. The van der Waals surface area contributed by atoms with Crippen molar-refractivity contribution >= 4 is 24.0 Å². The average molecular weight is 453 g/mol. The number of ether oxygens (including phenoxy) is 2. The van der Waals surface area contributed by atoms with Crippen molar-refractivity contribution in [2.75, 3.05) is 19.0 Å². The predicted octanol–water partition coefficient (Wildman–Crippen LogP) is 1.90. The highest BCUT2D eigenvalue weighted by Gasteiger charge is 2.19. The highest BCUT2D eigenvalue weighted by Crippen LogP contribution is 2.30. The largest absolute Gasteiger partial charge is 0.465 e. The monoisotopic (exact) mass is 453 g/mol. The van der Waals surface area contributed by atoms with Crippen molar-refractivity contribution in [3.63, 3.8) is 0 Å². The molecule has 0 aliphatic carbocycles. The standard InChI is InChI=1S/C22H20FN5O5/c1-32-22(31)16-8-12(2-7-18(16)33-15-5-3-13(23)4-6-15)21-27-17(20(25)30)9-19(28-21)26-14(10-24)11-29/h2-9,11,14H,10,24H2,1H3,(H2,25,30)(H,26,27,28). The first kappa shape index (κ1) is 23.3. The zero-order chi connectivity index (χ0) is 24.0. The number of carbonyl (C=O) groups is 3. The number of primary amides is 1. The molecular weight excluding hydrogens is 433 g/mol. The second kappa shape index (κ2) is 10.3. The summed E-state index contributed by atoms with van der Waals surface area (Å²) in [6, 6.07) is 10.2. The van der Waals surface area contributed by atoms with Gasteiger partial charge in [-0.2, -0.15) is 0 Å². The summed E-state index contributed by atoms with van der Waals surface area (Å²) in [5.74, 6) is -1.32. The van der Waals surface area contributed by atoms with E-state index in [4.69, 9.17) is 20.9 Å². The number of nitrogens with two attached hydrogens (primary N) is 2. The zero-order valence-electron chi connectivity index (χ0n) is 17.4. The lowest BCUT2D eigenvalue weighted by molar-refractivity contribution is -0.108. The van der Waals surface area contributed by atoms with Crippen LogP contribution in [-0.4, -0.2) is 47.8 Å². The number of nitrogens with zero attached hydrogens (tertiary/aromatic N) is 2. The van der Waals surface area contributed by atoms with Crippen LogP contribution in [0.2, 0.25) is 0 Å². The number of aldehydes is 1. The first-order valence-corrected chi connectivity index (χ1v) is 9.61. The first-order valence-electron chi connectivity index (χ1n) is 9.61. The Bertz CT molecular complexity index is 1190. The van der Waals surface area contributed by atoms with Gasteiger partial charge in [0.2, 0.25) is 0 Å². The fourth-order valence-corrected chi connectivity index (χ4v) is 2.77. The SMILES string of the molecule is COC(=O)c1cc(-c2nc(NC(C=O)CN)cc(C(N)=O)n2)ccc1Oc1ccc(F)cc1. The first-order chi connectivity index (χ1) is 15.8. The number of nitrogens with one attached hydrogen (secondary N) is 1. The minimum atomic E-state index is -0.818. The molecule has 2 aromatic carbocycles. The molecule has 1 heterocycles. The summed E-state index contributed by atoms with van der Waals surface area (Å²) in [6.45, 7) is -0.00332. The van der Waals surface area contributed by atoms with Crippen LogP contribution < -0.4 is 21.5 Å². The van der Waals surface area contributed by atoms with Gasteiger partial charge in [0.1, 0.15) is 40.7 Å². The Kier molecular flexibility index (Phi) is 7.26. The smallest absolute Gasteiger partial charge is 0.341 e. The van der Waals surface area contributed by atoms with Crippen LogP contribution in [0.5, 0.6) is 11.5 Å². The molecule has 3 rings (SSSR count). The maximum Gasteiger partial charge on any atom is 0.341 e. The van der Waals surface area contributed by atoms with Crippen molar-refractivity contribution in [1.82, 2.24) is 9.97 Å². The third kappa shape index (κ3) is 5.66. The van der Waals surface area contributed by atoms with Crippen LogP contribution in [0.15, 0.2) is 48.5 Å². The molecule has 11 heteroatoms. The quantitative estimate of drug-likeness (QED) is 0.325. The van der Waals surface area contributed by atoms with Crippen LogP contribution in [0.4, 0.5) is 10.2 Å². The minimum absolute atomic E-state index is 0.00332. The lowest BCUT2D eigenvalue weighted by Crippen LogP contribution is -2.30. The number of hydrogen-bond acceptors (Lipinski definition) is 9. The van der Waals surface area contributed by atoms with Gasteiger partial charge >= 0.3 is 5.97 Å². The Morgan fingerprint density at radius 3 is 2.48 bits per heavy atom. The van der Waals surface area contributed by atoms with Crippen LogP contribution in [0.1, 0.15) is 20.8 Å². The van der Waals surface area contributed by atoms with E-state index in [1.807, 2.05) is 0 Å². The molecule has 0 aliphatic heterocycles. The highest BCUT2D eigenvalue weighted by molar-refractivity contribution is 5.94. The Balaban J connectivity index is 2.05. The summed E-state index contributed by atoms with van der Waals surface area (Å²) in [5.41, 5.74) is 11.2. The normalized spacial score (nSPS) is 11.4. The molecule has 0 bridgehead atoms. The van der Waals surface area contributed by atoms with E-state index in [1.54, 1.807) is 6.07 Å². The van der Waals surface area contributed by atoms with E-state index >= 15 is 0 Å². The lowest BCUT2D eigenvalue weighted by Gasteiger charge is -2.14. The number of methoxy groups -OCH3 is 1. The predicted molar refractivity (Wildman–Crippen MR) is 116 cm³/mol. The molecule has 1 atom stereocenters. The number of amides is 1. The van der Waals surface area contributed by atoms with Crippen LogP contribution in [0.3, 0.4) is 0 Å². The van der Waals surface area contributed by atoms with E-state index in [0.717, 1.165) is 0 Å². The van der Waals surface area contributed by atoms with Crippen LogP contribution >= 0.6 is 0 Å². The summed E-state index contributed by atoms with van der Waals surface area (Å²) in [6.07, 6.45) is 0.600. The zero-order valence-corrected chi connectivity index (χ0v) is 17.4. The van der Waals surface area contributed by atoms with Gasteiger partial charge in [0, 0.05) is 18.2 Å². The van der Waals surface area contributed by atoms with E-state index in [0.29, 0.717) is 17.6 Å². The average Bonchev–Trinajstić information content (AvgIpc) is 2.83. The number of carbonyl (C=O) groups excluding carboxylic acids is 3. The maximum atomic E-state index is 13.2. The Hall–Kier alpha value is -4.38. The summed E-state index contributed by atoms with van der Waals surface area (Å²) in [5, 5.41) is 2.78. The molecule has 0 radical (unpaired) electrons. The highest BCUT2D eigenvalue weighted by atomic mass is 19.1. The van der Waals surface area contributed by atoms with Crippen molar-refractivity contribution in [1.29, 1.82) is 0 Å². The fraction of sp³-hybridized carbons (Fsp3) is 0.136. The van der Waals surface area contributed by atoms with E-state index < -0.39 is 23.7 Å². The molecule has 10 nitrogen and oxygen atoms in total. The van der Waals surface area contributed by atoms with Crippen LogP contribution in [0, 0.1) is 5.82 Å². The number of rotatable bonds is 9. The van der Waals surface area contributed by atoms with Crippen LogP contribution in [-0.2, 0) is 9.53 Å². The van der Waals surface area contributed by atoms with Crippen molar-refractivity contribution in [3.05, 3.63) is 65.6 Å². The number of halogens is 1. The molecule has 1 unspecified atom stereocenters. The van der Waals surface area contributed by atoms with Crippen molar-refractivity contribution < 1.29 is 28.2 Å². The Morgan fingerprint density at radius 1 is 1.15 bits per heavy atom. The molecule has 1 amide bonds. The second-order valence-electron chi connectivity index (χ2n) is 6.71. The summed E-state index contributed by atoms with van der Waals surface area (Å²) < 4.78 is 23.7. The molecule has 170 valence electrons. The number of benzene rings is 2. The number of aromatic nitrogens is 2. The fourth-order valence-electron chi connectivity index (χ4n) is 2.77. The lowest BCUT2D eigenvalue weighted by atomic mass is 10.1. The number of anilines is 1. The van der Waals surface area contributed by atoms with E-state index in [-0.39, 0.29) is 35.2 Å². The van der Waals surface area contributed by atoms with Gasteiger partial charge in [-0.1, -0.05) is 0 Å². The molecule has 0 saturated carbocycles.